The molecule has 9 heteroatoms. The molecule has 184 valence electrons. The predicted molar refractivity (Wildman–Crippen MR) is 131 cm³/mol. The van der Waals surface area contributed by atoms with E-state index in [1.54, 1.807) is 18.2 Å². The number of rotatable bonds is 5. The van der Waals surface area contributed by atoms with Crippen LogP contribution in [0.1, 0.15) is 59.8 Å². The highest BCUT2D eigenvalue weighted by Gasteiger charge is 2.33. The number of aromatic nitrogens is 2. The van der Waals surface area contributed by atoms with Crippen molar-refractivity contribution in [2.75, 3.05) is 26.2 Å². The minimum Gasteiger partial charge on any atom is -0.339 e. The van der Waals surface area contributed by atoms with Crippen molar-refractivity contribution in [3.05, 3.63) is 65.5 Å². The molecule has 2 aliphatic heterocycles. The van der Waals surface area contributed by atoms with Gasteiger partial charge in [-0.15, -0.1) is 0 Å². The van der Waals surface area contributed by atoms with E-state index < -0.39 is 10.0 Å². The second-order valence-electron chi connectivity index (χ2n) is 9.41. The summed E-state index contributed by atoms with van der Waals surface area (Å²) < 4.78 is 33.4. The molecular formula is C26H30N4O4S. The highest BCUT2D eigenvalue weighted by molar-refractivity contribution is 7.89. The van der Waals surface area contributed by atoms with Gasteiger partial charge in [0.05, 0.1) is 10.8 Å². The fraction of sp³-hybridized carbons (Fsp3) is 0.423. The van der Waals surface area contributed by atoms with Crippen LogP contribution in [0.4, 0.5) is 0 Å². The van der Waals surface area contributed by atoms with Gasteiger partial charge < -0.3 is 9.42 Å². The van der Waals surface area contributed by atoms with E-state index in [0.29, 0.717) is 47.2 Å². The quantitative estimate of drug-likeness (QED) is 0.526. The maximum absolute atomic E-state index is 13.2. The number of hydrogen-bond acceptors (Lipinski definition) is 6. The van der Waals surface area contributed by atoms with Gasteiger partial charge in [-0.05, 0) is 63.3 Å². The molecule has 0 spiro atoms. The second-order valence-corrected chi connectivity index (χ2v) is 11.3. The van der Waals surface area contributed by atoms with Crippen molar-refractivity contribution in [3.63, 3.8) is 0 Å². The van der Waals surface area contributed by atoms with Gasteiger partial charge in [0.25, 0.3) is 5.91 Å². The molecule has 35 heavy (non-hydrogen) atoms. The summed E-state index contributed by atoms with van der Waals surface area (Å²) >= 11 is 0. The molecule has 0 unspecified atom stereocenters. The summed E-state index contributed by atoms with van der Waals surface area (Å²) in [5, 5.41) is 4.15. The molecule has 0 N–H and O–H groups in total. The molecule has 2 fully saturated rings. The molecule has 1 atom stereocenters. The summed E-state index contributed by atoms with van der Waals surface area (Å²) in [6, 6.07) is 14.2. The lowest BCUT2D eigenvalue weighted by atomic mass is 10.00. The van der Waals surface area contributed by atoms with Crippen LogP contribution in [0.15, 0.2) is 57.9 Å². The second kappa shape index (κ2) is 9.91. The Morgan fingerprint density at radius 2 is 1.77 bits per heavy atom. The van der Waals surface area contributed by atoms with Gasteiger partial charge in [0.15, 0.2) is 0 Å². The van der Waals surface area contributed by atoms with Crippen molar-refractivity contribution in [1.29, 1.82) is 0 Å². The number of carbonyl (C=O) groups is 1. The van der Waals surface area contributed by atoms with Crippen molar-refractivity contribution in [2.45, 2.75) is 49.8 Å². The summed E-state index contributed by atoms with van der Waals surface area (Å²) in [5.41, 5.74) is 2.34. The molecule has 2 aliphatic rings. The average molecular weight is 495 g/mol. The predicted octanol–water partition coefficient (Wildman–Crippen LogP) is 4.24. The Bertz CT molecular complexity index is 1300. The fourth-order valence-electron chi connectivity index (χ4n) is 4.81. The molecule has 0 radical (unpaired) electrons. The molecule has 0 bridgehead atoms. The number of nitrogens with zero attached hydrogens (tertiary/aromatic N) is 4. The summed E-state index contributed by atoms with van der Waals surface area (Å²) in [4.78, 5) is 19.7. The van der Waals surface area contributed by atoms with E-state index in [0.717, 1.165) is 37.9 Å². The Kier molecular flexibility index (Phi) is 6.71. The van der Waals surface area contributed by atoms with Gasteiger partial charge in [-0.1, -0.05) is 35.0 Å². The average Bonchev–Trinajstić information content (AvgIpc) is 3.40. The van der Waals surface area contributed by atoms with E-state index in [-0.39, 0.29) is 11.8 Å². The molecule has 2 saturated heterocycles. The number of aryl methyl sites for hydroxylation is 1. The standard InChI is InChI=1S/C26H30N4O4S/c1-19-10-12-23(13-11-19)35(32,33)30-16-6-9-22(18-30)25-27-24(28-34-25)20-7-5-8-21(17-20)26(31)29-14-3-2-4-15-29/h5,7-8,10-13,17,22H,2-4,6,9,14-16,18H2,1H3/t22-/m1/s1. The molecule has 8 nitrogen and oxygen atoms in total. The highest BCUT2D eigenvalue weighted by Crippen LogP contribution is 2.31. The minimum absolute atomic E-state index is 0.0273. The van der Waals surface area contributed by atoms with Crippen LogP contribution in [0.3, 0.4) is 0 Å². The number of amides is 1. The van der Waals surface area contributed by atoms with E-state index >= 15 is 0 Å². The minimum atomic E-state index is -3.59. The first-order valence-corrected chi connectivity index (χ1v) is 13.7. The highest BCUT2D eigenvalue weighted by atomic mass is 32.2. The molecule has 2 aromatic carbocycles. The number of sulfonamides is 1. The third kappa shape index (κ3) is 5.01. The van der Waals surface area contributed by atoms with Crippen LogP contribution in [0, 0.1) is 6.92 Å². The van der Waals surface area contributed by atoms with Gasteiger partial charge in [0.2, 0.25) is 21.7 Å². The van der Waals surface area contributed by atoms with Crippen LogP contribution < -0.4 is 0 Å². The lowest BCUT2D eigenvalue weighted by Crippen LogP contribution is -2.39. The zero-order valence-corrected chi connectivity index (χ0v) is 20.7. The van der Waals surface area contributed by atoms with Crippen molar-refractivity contribution < 1.29 is 17.7 Å². The maximum Gasteiger partial charge on any atom is 0.253 e. The Hall–Kier alpha value is -3.04. The van der Waals surface area contributed by atoms with Crippen molar-refractivity contribution in [2.24, 2.45) is 0 Å². The van der Waals surface area contributed by atoms with E-state index in [2.05, 4.69) is 10.1 Å². The van der Waals surface area contributed by atoms with E-state index in [1.165, 1.54) is 10.7 Å². The van der Waals surface area contributed by atoms with Crippen LogP contribution >= 0.6 is 0 Å². The summed E-state index contributed by atoms with van der Waals surface area (Å²) in [6.07, 6.45) is 4.73. The lowest BCUT2D eigenvalue weighted by Gasteiger charge is -2.30. The van der Waals surface area contributed by atoms with Crippen LogP contribution in [0.25, 0.3) is 11.4 Å². The maximum atomic E-state index is 13.2. The number of likely N-dealkylation sites (tertiary alicyclic amines) is 1. The van der Waals surface area contributed by atoms with Crippen LogP contribution in [-0.2, 0) is 10.0 Å². The Labute approximate surface area is 206 Å². The first kappa shape index (κ1) is 23.7. The first-order chi connectivity index (χ1) is 16.9. The van der Waals surface area contributed by atoms with Crippen LogP contribution in [0.5, 0.6) is 0 Å². The normalized spacial score (nSPS) is 19.6. The monoisotopic (exact) mass is 494 g/mol. The van der Waals surface area contributed by atoms with Crippen molar-refractivity contribution >= 4 is 15.9 Å². The van der Waals surface area contributed by atoms with Gasteiger partial charge in [-0.25, -0.2) is 8.42 Å². The molecule has 0 aliphatic carbocycles. The number of benzene rings is 2. The number of hydrogen-bond donors (Lipinski definition) is 0. The fourth-order valence-corrected chi connectivity index (χ4v) is 6.33. The van der Waals surface area contributed by atoms with E-state index in [9.17, 15) is 13.2 Å². The van der Waals surface area contributed by atoms with Crippen molar-refractivity contribution in [1.82, 2.24) is 19.3 Å². The first-order valence-electron chi connectivity index (χ1n) is 12.2. The SMILES string of the molecule is Cc1ccc(S(=O)(=O)N2CCC[C@@H](c3nc(-c4cccc(C(=O)N5CCCCC5)c4)no3)C2)cc1. The molecular weight excluding hydrogens is 464 g/mol. The van der Waals surface area contributed by atoms with Gasteiger partial charge in [0.1, 0.15) is 0 Å². The van der Waals surface area contributed by atoms with Crippen LogP contribution in [0.2, 0.25) is 0 Å². The zero-order chi connectivity index (χ0) is 24.4. The largest absolute Gasteiger partial charge is 0.339 e. The summed E-state index contributed by atoms with van der Waals surface area (Å²) in [5.74, 6) is 0.686. The molecule has 0 saturated carbocycles. The topological polar surface area (TPSA) is 96.6 Å². The van der Waals surface area contributed by atoms with Gasteiger partial charge in [-0.3, -0.25) is 4.79 Å². The summed E-state index contributed by atoms with van der Waals surface area (Å²) in [6.45, 7) is 4.28. The summed E-state index contributed by atoms with van der Waals surface area (Å²) in [7, 11) is -3.59. The van der Waals surface area contributed by atoms with Crippen LogP contribution in [-0.4, -0.2) is 59.8 Å². The number of carbonyl (C=O) groups excluding carboxylic acids is 1. The molecule has 3 aromatic rings. The Morgan fingerprint density at radius 3 is 2.54 bits per heavy atom. The lowest BCUT2D eigenvalue weighted by molar-refractivity contribution is 0.0724. The van der Waals surface area contributed by atoms with E-state index in [4.69, 9.17) is 4.52 Å². The van der Waals surface area contributed by atoms with E-state index in [1.807, 2.05) is 42.2 Å². The van der Waals surface area contributed by atoms with Crippen molar-refractivity contribution in [3.8, 4) is 11.4 Å². The molecule has 1 aromatic heterocycles. The van der Waals surface area contributed by atoms with Gasteiger partial charge >= 0.3 is 0 Å². The molecule has 3 heterocycles. The van der Waals surface area contributed by atoms with Gasteiger partial charge in [0, 0.05) is 37.3 Å². The Balaban J connectivity index is 1.32. The molecule has 1 amide bonds. The Morgan fingerprint density at radius 1 is 1.00 bits per heavy atom. The third-order valence-electron chi connectivity index (χ3n) is 6.84. The molecule has 5 rings (SSSR count). The smallest absolute Gasteiger partial charge is 0.253 e. The third-order valence-corrected chi connectivity index (χ3v) is 8.72. The van der Waals surface area contributed by atoms with Gasteiger partial charge in [-0.2, -0.15) is 9.29 Å². The zero-order valence-electron chi connectivity index (χ0n) is 19.9. The number of piperidine rings is 2.